The topological polar surface area (TPSA) is 40.7 Å². The standard InChI is InChI=1S/C17H19N3/c1-3-12(2)13-4-6-14(7-5-13)20-16-9-11-19-17-15(16)8-10-18-17/h4-12H,3H2,1-2H3,(H2,18,19,20). The molecule has 2 heterocycles. The van der Waals surface area contributed by atoms with Crippen LogP contribution in [0, 0.1) is 0 Å². The van der Waals surface area contributed by atoms with Crippen molar-refractivity contribution in [3.05, 3.63) is 54.4 Å². The smallest absolute Gasteiger partial charge is 0.139 e. The van der Waals surface area contributed by atoms with Gasteiger partial charge in [0.1, 0.15) is 5.65 Å². The second-order valence-corrected chi connectivity index (χ2v) is 5.15. The number of anilines is 2. The van der Waals surface area contributed by atoms with Crippen LogP contribution in [0.2, 0.25) is 0 Å². The summed E-state index contributed by atoms with van der Waals surface area (Å²) in [5.74, 6) is 0.612. The lowest BCUT2D eigenvalue weighted by Crippen LogP contribution is -1.94. The SMILES string of the molecule is CCC(C)c1ccc(Nc2ccnc3[nH]ccc23)cc1. The maximum Gasteiger partial charge on any atom is 0.139 e. The van der Waals surface area contributed by atoms with Gasteiger partial charge in [0.2, 0.25) is 0 Å². The molecular formula is C17H19N3. The number of benzene rings is 1. The first kappa shape index (κ1) is 12.7. The van der Waals surface area contributed by atoms with Gasteiger partial charge >= 0.3 is 0 Å². The average Bonchev–Trinajstić information content (AvgIpc) is 2.97. The van der Waals surface area contributed by atoms with Crippen molar-refractivity contribution in [3.63, 3.8) is 0 Å². The van der Waals surface area contributed by atoms with Crippen molar-refractivity contribution in [2.45, 2.75) is 26.2 Å². The zero-order valence-electron chi connectivity index (χ0n) is 11.9. The highest BCUT2D eigenvalue weighted by Gasteiger charge is 2.05. The first-order valence-corrected chi connectivity index (χ1v) is 7.07. The quantitative estimate of drug-likeness (QED) is 0.710. The van der Waals surface area contributed by atoms with Gasteiger partial charge in [0.25, 0.3) is 0 Å². The Morgan fingerprint density at radius 1 is 1.15 bits per heavy atom. The molecule has 1 aromatic carbocycles. The second-order valence-electron chi connectivity index (χ2n) is 5.15. The fraction of sp³-hybridized carbons (Fsp3) is 0.235. The lowest BCUT2D eigenvalue weighted by atomic mass is 9.98. The van der Waals surface area contributed by atoms with E-state index in [2.05, 4.69) is 53.4 Å². The molecule has 1 atom stereocenters. The Morgan fingerprint density at radius 3 is 2.70 bits per heavy atom. The molecule has 0 amide bonds. The number of nitrogens with one attached hydrogen (secondary N) is 2. The summed E-state index contributed by atoms with van der Waals surface area (Å²) in [5, 5.41) is 4.57. The van der Waals surface area contributed by atoms with E-state index in [-0.39, 0.29) is 0 Å². The summed E-state index contributed by atoms with van der Waals surface area (Å²) in [4.78, 5) is 7.42. The molecule has 3 nitrogen and oxygen atoms in total. The summed E-state index contributed by atoms with van der Waals surface area (Å²) < 4.78 is 0. The van der Waals surface area contributed by atoms with Crippen LogP contribution in [-0.4, -0.2) is 9.97 Å². The van der Waals surface area contributed by atoms with Crippen LogP contribution in [0.4, 0.5) is 11.4 Å². The van der Waals surface area contributed by atoms with Crippen molar-refractivity contribution < 1.29 is 0 Å². The molecule has 0 fully saturated rings. The maximum absolute atomic E-state index is 4.30. The molecule has 1 unspecified atom stereocenters. The van der Waals surface area contributed by atoms with E-state index in [9.17, 15) is 0 Å². The van der Waals surface area contributed by atoms with Gasteiger partial charge in [-0.25, -0.2) is 4.98 Å². The van der Waals surface area contributed by atoms with E-state index in [1.165, 1.54) is 12.0 Å². The van der Waals surface area contributed by atoms with Gasteiger partial charge in [0.05, 0.1) is 5.69 Å². The Balaban J connectivity index is 1.86. The predicted octanol–water partition coefficient (Wildman–Crippen LogP) is 4.82. The number of H-pyrrole nitrogens is 1. The van der Waals surface area contributed by atoms with Gasteiger partial charge in [-0.1, -0.05) is 26.0 Å². The summed E-state index contributed by atoms with van der Waals surface area (Å²) in [6, 6.07) is 12.7. The molecule has 102 valence electrons. The highest BCUT2D eigenvalue weighted by Crippen LogP contribution is 2.26. The van der Waals surface area contributed by atoms with E-state index in [0.717, 1.165) is 22.4 Å². The van der Waals surface area contributed by atoms with Crippen LogP contribution in [0.1, 0.15) is 31.7 Å². The fourth-order valence-corrected chi connectivity index (χ4v) is 2.36. The van der Waals surface area contributed by atoms with Crippen molar-refractivity contribution in [3.8, 4) is 0 Å². The Labute approximate surface area is 119 Å². The molecular weight excluding hydrogens is 246 g/mol. The first-order chi connectivity index (χ1) is 9.78. The third kappa shape index (κ3) is 2.39. The van der Waals surface area contributed by atoms with Gasteiger partial charge < -0.3 is 10.3 Å². The molecule has 3 aromatic rings. The highest BCUT2D eigenvalue weighted by atomic mass is 14.9. The molecule has 0 saturated carbocycles. The van der Waals surface area contributed by atoms with Crippen molar-refractivity contribution in [1.29, 1.82) is 0 Å². The maximum atomic E-state index is 4.30. The van der Waals surface area contributed by atoms with Crippen molar-refractivity contribution >= 4 is 22.4 Å². The van der Waals surface area contributed by atoms with Crippen LogP contribution in [0.25, 0.3) is 11.0 Å². The summed E-state index contributed by atoms with van der Waals surface area (Å²) in [6.07, 6.45) is 4.89. The summed E-state index contributed by atoms with van der Waals surface area (Å²) in [5.41, 5.74) is 4.48. The number of aromatic nitrogens is 2. The van der Waals surface area contributed by atoms with Gasteiger partial charge in [0.15, 0.2) is 0 Å². The van der Waals surface area contributed by atoms with Gasteiger partial charge in [-0.3, -0.25) is 0 Å². The largest absolute Gasteiger partial charge is 0.355 e. The molecule has 20 heavy (non-hydrogen) atoms. The number of hydrogen-bond acceptors (Lipinski definition) is 2. The van der Waals surface area contributed by atoms with Gasteiger partial charge in [0, 0.05) is 23.5 Å². The minimum Gasteiger partial charge on any atom is -0.355 e. The van der Waals surface area contributed by atoms with E-state index in [0.29, 0.717) is 5.92 Å². The molecule has 0 aliphatic rings. The number of pyridine rings is 1. The van der Waals surface area contributed by atoms with Crippen LogP contribution < -0.4 is 5.32 Å². The molecule has 0 spiro atoms. The zero-order chi connectivity index (χ0) is 13.9. The number of fused-ring (bicyclic) bond motifs is 1. The first-order valence-electron chi connectivity index (χ1n) is 7.07. The Hall–Kier alpha value is -2.29. The summed E-state index contributed by atoms with van der Waals surface area (Å²) >= 11 is 0. The third-order valence-electron chi connectivity index (χ3n) is 3.83. The molecule has 0 aliphatic heterocycles. The highest BCUT2D eigenvalue weighted by molar-refractivity contribution is 5.91. The molecule has 2 aromatic heterocycles. The zero-order valence-corrected chi connectivity index (χ0v) is 11.9. The monoisotopic (exact) mass is 265 g/mol. The molecule has 0 saturated heterocycles. The van der Waals surface area contributed by atoms with Crippen LogP contribution in [0.5, 0.6) is 0 Å². The summed E-state index contributed by atoms with van der Waals surface area (Å²) in [6.45, 7) is 4.48. The second kappa shape index (κ2) is 5.37. The fourth-order valence-electron chi connectivity index (χ4n) is 2.36. The number of rotatable bonds is 4. The lowest BCUT2D eigenvalue weighted by Gasteiger charge is -2.11. The van der Waals surface area contributed by atoms with Crippen molar-refractivity contribution in [2.24, 2.45) is 0 Å². The Morgan fingerprint density at radius 2 is 1.95 bits per heavy atom. The molecule has 0 radical (unpaired) electrons. The third-order valence-corrected chi connectivity index (χ3v) is 3.83. The molecule has 3 rings (SSSR count). The van der Waals surface area contributed by atoms with Crippen molar-refractivity contribution in [2.75, 3.05) is 5.32 Å². The number of hydrogen-bond donors (Lipinski definition) is 2. The van der Waals surface area contributed by atoms with Crippen LogP contribution in [0.15, 0.2) is 48.8 Å². The van der Waals surface area contributed by atoms with Gasteiger partial charge in [-0.05, 0) is 42.2 Å². The molecule has 0 aliphatic carbocycles. The van der Waals surface area contributed by atoms with Crippen LogP contribution >= 0.6 is 0 Å². The molecule has 2 N–H and O–H groups in total. The minimum atomic E-state index is 0.612. The lowest BCUT2D eigenvalue weighted by molar-refractivity contribution is 0.734. The van der Waals surface area contributed by atoms with Crippen LogP contribution in [0.3, 0.4) is 0 Å². The van der Waals surface area contributed by atoms with Crippen molar-refractivity contribution in [1.82, 2.24) is 9.97 Å². The number of nitrogens with zero attached hydrogens (tertiary/aromatic N) is 1. The van der Waals surface area contributed by atoms with Gasteiger partial charge in [-0.2, -0.15) is 0 Å². The summed E-state index contributed by atoms with van der Waals surface area (Å²) in [7, 11) is 0. The minimum absolute atomic E-state index is 0.612. The Bertz CT molecular complexity index is 698. The van der Waals surface area contributed by atoms with E-state index in [1.807, 2.05) is 24.5 Å². The molecule has 0 bridgehead atoms. The predicted molar refractivity (Wildman–Crippen MR) is 84.5 cm³/mol. The number of aromatic amines is 1. The van der Waals surface area contributed by atoms with E-state index >= 15 is 0 Å². The van der Waals surface area contributed by atoms with E-state index < -0.39 is 0 Å². The average molecular weight is 265 g/mol. The van der Waals surface area contributed by atoms with E-state index in [4.69, 9.17) is 0 Å². The Kier molecular flexibility index (Phi) is 3.42. The van der Waals surface area contributed by atoms with E-state index in [1.54, 1.807) is 0 Å². The normalized spacial score (nSPS) is 12.5. The molecule has 3 heteroatoms. The van der Waals surface area contributed by atoms with Crippen LogP contribution in [-0.2, 0) is 0 Å². The van der Waals surface area contributed by atoms with Gasteiger partial charge in [-0.15, -0.1) is 0 Å².